The quantitative estimate of drug-likeness (QED) is 0.152. The van der Waals surface area contributed by atoms with Gasteiger partial charge in [0.1, 0.15) is 11.2 Å². The van der Waals surface area contributed by atoms with E-state index in [9.17, 15) is 0 Å². The second-order valence-electron chi connectivity index (χ2n) is 18.0. The molecule has 14 rings (SSSR count). The van der Waals surface area contributed by atoms with E-state index in [1.807, 2.05) is 0 Å². The van der Waals surface area contributed by atoms with Crippen molar-refractivity contribution in [2.75, 3.05) is 0 Å². The monoisotopic (exact) mass is 863 g/mol. The van der Waals surface area contributed by atoms with Crippen molar-refractivity contribution in [3.63, 3.8) is 0 Å². The SMILES string of the molecule is c1ccc(-c2cc(-c3ccccc3)c3oc4c(-c5ccc6c7ccccc7n(-c7cccc(-c8ccc9c%10ccccc%10c%10ccccc%10c9c8)c7)c6c5)cc(-c5ccccc5)cc4c3c2)cc1. The molecule has 2 nitrogen and oxygen atoms in total. The molecule has 12 aromatic carbocycles. The molecule has 0 aliphatic heterocycles. The number of benzene rings is 12. The maximum Gasteiger partial charge on any atom is 0.143 e. The van der Waals surface area contributed by atoms with Gasteiger partial charge in [-0.15, -0.1) is 0 Å². The van der Waals surface area contributed by atoms with Gasteiger partial charge in [-0.3, -0.25) is 0 Å². The fourth-order valence-electron chi connectivity index (χ4n) is 10.9. The van der Waals surface area contributed by atoms with Crippen molar-refractivity contribution >= 4 is 76.1 Å². The maximum absolute atomic E-state index is 7.23. The summed E-state index contributed by atoms with van der Waals surface area (Å²) in [4.78, 5) is 0. The molecule has 14 aromatic rings. The summed E-state index contributed by atoms with van der Waals surface area (Å²) in [5.74, 6) is 0. The largest absolute Gasteiger partial charge is 0.455 e. The van der Waals surface area contributed by atoms with Gasteiger partial charge in [0.05, 0.1) is 11.0 Å². The van der Waals surface area contributed by atoms with Gasteiger partial charge in [-0.2, -0.15) is 0 Å². The number of para-hydroxylation sites is 1. The van der Waals surface area contributed by atoms with Crippen molar-refractivity contribution in [2.45, 2.75) is 0 Å². The van der Waals surface area contributed by atoms with Gasteiger partial charge < -0.3 is 8.98 Å². The molecule has 2 heteroatoms. The molecular weight excluding hydrogens is 823 g/mol. The Hall–Kier alpha value is -8.98. The Morgan fingerprint density at radius 2 is 0.647 bits per heavy atom. The summed E-state index contributed by atoms with van der Waals surface area (Å²) in [6.45, 7) is 0. The molecule has 0 radical (unpaired) electrons. The van der Waals surface area contributed by atoms with Crippen LogP contribution >= 0.6 is 0 Å². The molecule has 0 aliphatic carbocycles. The molecule has 68 heavy (non-hydrogen) atoms. The van der Waals surface area contributed by atoms with E-state index in [4.69, 9.17) is 4.42 Å². The van der Waals surface area contributed by atoms with Crippen LogP contribution in [0.25, 0.3) is 137 Å². The minimum atomic E-state index is 0.877. The Kier molecular flexibility index (Phi) is 8.62. The lowest BCUT2D eigenvalue weighted by Crippen LogP contribution is -1.95. The third-order valence-corrected chi connectivity index (χ3v) is 14.1. The molecular formula is C66H41NO. The number of nitrogens with zero attached hydrogens (tertiary/aromatic N) is 1. The Labute approximate surface area is 393 Å². The molecule has 316 valence electrons. The lowest BCUT2D eigenvalue weighted by Gasteiger charge is -2.14. The number of fused-ring (bicyclic) bond motifs is 12. The molecule has 0 bridgehead atoms. The van der Waals surface area contributed by atoms with E-state index in [1.165, 1.54) is 65.3 Å². The maximum atomic E-state index is 7.23. The van der Waals surface area contributed by atoms with Crippen molar-refractivity contribution < 1.29 is 4.42 Å². The van der Waals surface area contributed by atoms with E-state index in [2.05, 4.69) is 253 Å². The van der Waals surface area contributed by atoms with Gasteiger partial charge in [0.2, 0.25) is 0 Å². The molecule has 0 amide bonds. The smallest absolute Gasteiger partial charge is 0.143 e. The number of aromatic nitrogens is 1. The number of furan rings is 1. The lowest BCUT2D eigenvalue weighted by atomic mass is 9.92. The van der Waals surface area contributed by atoms with Crippen LogP contribution in [0.5, 0.6) is 0 Å². The van der Waals surface area contributed by atoms with Gasteiger partial charge in [0.15, 0.2) is 0 Å². The van der Waals surface area contributed by atoms with E-state index in [0.29, 0.717) is 0 Å². The summed E-state index contributed by atoms with van der Waals surface area (Å²) in [5, 5.41) is 12.3. The van der Waals surface area contributed by atoms with Crippen LogP contribution in [-0.2, 0) is 0 Å². The molecule has 0 aliphatic rings. The van der Waals surface area contributed by atoms with E-state index in [0.717, 1.165) is 72.1 Å². The predicted molar refractivity (Wildman–Crippen MR) is 288 cm³/mol. The Balaban J connectivity index is 0.990. The molecule has 0 spiro atoms. The third kappa shape index (κ3) is 6.05. The number of rotatable bonds is 6. The summed E-state index contributed by atoms with van der Waals surface area (Å²) >= 11 is 0. The van der Waals surface area contributed by atoms with Crippen molar-refractivity contribution in [2.24, 2.45) is 0 Å². The average Bonchev–Trinajstić information content (AvgIpc) is 3.96. The van der Waals surface area contributed by atoms with Crippen LogP contribution in [0.1, 0.15) is 0 Å². The minimum Gasteiger partial charge on any atom is -0.455 e. The second-order valence-corrected chi connectivity index (χ2v) is 18.0. The molecule has 0 saturated carbocycles. The van der Waals surface area contributed by atoms with Crippen molar-refractivity contribution in [3.8, 4) is 61.3 Å². The molecule has 0 saturated heterocycles. The molecule has 0 N–H and O–H groups in total. The van der Waals surface area contributed by atoms with Gasteiger partial charge in [-0.25, -0.2) is 0 Å². The topological polar surface area (TPSA) is 18.1 Å². The summed E-state index contributed by atoms with van der Waals surface area (Å²) in [5.41, 5.74) is 16.5. The highest BCUT2D eigenvalue weighted by atomic mass is 16.3. The van der Waals surface area contributed by atoms with E-state index in [-0.39, 0.29) is 0 Å². The Morgan fingerprint density at radius 3 is 1.26 bits per heavy atom. The zero-order valence-electron chi connectivity index (χ0n) is 37.0. The third-order valence-electron chi connectivity index (χ3n) is 14.1. The summed E-state index contributed by atoms with van der Waals surface area (Å²) in [6, 6.07) is 90.7. The zero-order chi connectivity index (χ0) is 44.7. The minimum absolute atomic E-state index is 0.877. The van der Waals surface area contributed by atoms with Crippen molar-refractivity contribution in [1.29, 1.82) is 0 Å². The highest BCUT2D eigenvalue weighted by Gasteiger charge is 2.21. The van der Waals surface area contributed by atoms with Gasteiger partial charge in [-0.1, -0.05) is 194 Å². The predicted octanol–water partition coefficient (Wildman–Crippen LogP) is 18.5. The second kappa shape index (κ2) is 15.3. The standard InChI is InChI=1S/C66H41NO/c1-4-17-42(18-5-1)48-37-58(44-21-8-3-9-22-44)65-61(39-48)62-40-49(43-19-6-2-7-20-43)38-59(66(62)68-65)47-32-34-57-56-29-14-15-30-63(56)67(64(57)41-47)50-24-16-23-45(35-50)46-31-33-55-53-27-11-10-25-51(53)52-26-12-13-28-54(52)60(55)36-46/h1-41H. The fraction of sp³-hybridized carbons (Fsp3) is 0. The first-order valence-electron chi connectivity index (χ1n) is 23.4. The Morgan fingerprint density at radius 1 is 0.221 bits per heavy atom. The van der Waals surface area contributed by atoms with Gasteiger partial charge in [-0.05, 0) is 131 Å². The first kappa shape index (κ1) is 38.3. The van der Waals surface area contributed by atoms with Crippen molar-refractivity contribution in [1.82, 2.24) is 4.57 Å². The molecule has 2 aromatic heterocycles. The van der Waals surface area contributed by atoms with Crippen molar-refractivity contribution in [3.05, 3.63) is 249 Å². The zero-order valence-corrected chi connectivity index (χ0v) is 37.0. The summed E-state index contributed by atoms with van der Waals surface area (Å²) < 4.78 is 9.67. The summed E-state index contributed by atoms with van der Waals surface area (Å²) in [6.07, 6.45) is 0. The normalized spacial score (nSPS) is 11.8. The van der Waals surface area contributed by atoms with Crippen LogP contribution in [0.3, 0.4) is 0 Å². The fourth-order valence-corrected chi connectivity index (χ4v) is 10.9. The highest BCUT2D eigenvalue weighted by molar-refractivity contribution is 6.26. The number of hydrogen-bond donors (Lipinski definition) is 0. The van der Waals surface area contributed by atoms with E-state index in [1.54, 1.807) is 0 Å². The van der Waals surface area contributed by atoms with Crippen LogP contribution in [0, 0.1) is 0 Å². The highest BCUT2D eigenvalue weighted by Crippen LogP contribution is 2.46. The molecule has 2 heterocycles. The lowest BCUT2D eigenvalue weighted by molar-refractivity contribution is 0.671. The summed E-state index contributed by atoms with van der Waals surface area (Å²) in [7, 11) is 0. The van der Waals surface area contributed by atoms with Crippen LogP contribution < -0.4 is 0 Å². The van der Waals surface area contributed by atoms with Gasteiger partial charge >= 0.3 is 0 Å². The first-order chi connectivity index (χ1) is 33.7. The van der Waals surface area contributed by atoms with Crippen LogP contribution in [0.4, 0.5) is 0 Å². The number of hydrogen-bond acceptors (Lipinski definition) is 1. The van der Waals surface area contributed by atoms with Crippen LogP contribution in [0.2, 0.25) is 0 Å². The molecule has 0 atom stereocenters. The van der Waals surface area contributed by atoms with E-state index >= 15 is 0 Å². The molecule has 0 fully saturated rings. The molecule has 0 unspecified atom stereocenters. The average molecular weight is 864 g/mol. The first-order valence-corrected chi connectivity index (χ1v) is 23.4. The van der Waals surface area contributed by atoms with E-state index < -0.39 is 0 Å². The van der Waals surface area contributed by atoms with Crippen LogP contribution in [-0.4, -0.2) is 4.57 Å². The van der Waals surface area contributed by atoms with Gasteiger partial charge in [0, 0.05) is 38.4 Å². The van der Waals surface area contributed by atoms with Gasteiger partial charge in [0.25, 0.3) is 0 Å². The van der Waals surface area contributed by atoms with Crippen LogP contribution in [0.15, 0.2) is 253 Å². The Bertz CT molecular complexity index is 4260.